The topological polar surface area (TPSA) is 40.5 Å². The molecule has 0 aliphatic heterocycles. The fourth-order valence-electron chi connectivity index (χ4n) is 7.54. The molecule has 2 nitrogen and oxygen atoms in total. The summed E-state index contributed by atoms with van der Waals surface area (Å²) in [7, 11) is 0. The Hall–Kier alpha value is -0.550. The fourth-order valence-corrected chi connectivity index (χ4v) is 7.54. The number of allylic oxidation sites excluding steroid dienone is 1. The van der Waals surface area contributed by atoms with Gasteiger partial charge in [0.15, 0.2) is 0 Å². The molecular formula is C22H33F3O2. The standard InChI is InChI=1S/C22H33F3O2/c1-20-9-7-15(26)11-13(20)3-5-16-17-6-4-14(12-19(27)22(23,24)25)21(17,2)10-8-18(16)20/h3,14-19,26-27H,4-12H2,1-2H3/t14?,15-,16?,17?,18?,19?,20?,21?/m0/s1. The highest BCUT2D eigenvalue weighted by molar-refractivity contribution is 5.25. The van der Waals surface area contributed by atoms with E-state index in [9.17, 15) is 23.4 Å². The molecular weight excluding hydrogens is 353 g/mol. The number of rotatable bonds is 2. The van der Waals surface area contributed by atoms with E-state index in [4.69, 9.17) is 0 Å². The van der Waals surface area contributed by atoms with Crippen LogP contribution in [0.1, 0.15) is 71.6 Å². The molecule has 0 heterocycles. The molecule has 27 heavy (non-hydrogen) atoms. The van der Waals surface area contributed by atoms with Gasteiger partial charge in [-0.3, -0.25) is 0 Å². The number of halogens is 3. The van der Waals surface area contributed by atoms with Crippen LogP contribution in [0, 0.1) is 34.5 Å². The van der Waals surface area contributed by atoms with Gasteiger partial charge in [0, 0.05) is 0 Å². The minimum atomic E-state index is -4.51. The lowest BCUT2D eigenvalue weighted by Crippen LogP contribution is -2.50. The predicted octanol–water partition coefficient (Wildman–Crippen LogP) is 5.24. The van der Waals surface area contributed by atoms with Crippen molar-refractivity contribution in [1.82, 2.24) is 0 Å². The van der Waals surface area contributed by atoms with Crippen LogP contribution in [0.25, 0.3) is 0 Å². The van der Waals surface area contributed by atoms with Crippen LogP contribution in [0.2, 0.25) is 0 Å². The van der Waals surface area contributed by atoms with Crippen molar-refractivity contribution in [1.29, 1.82) is 0 Å². The van der Waals surface area contributed by atoms with Crippen LogP contribution in [0.15, 0.2) is 11.6 Å². The van der Waals surface area contributed by atoms with Crippen molar-refractivity contribution in [3.05, 3.63) is 11.6 Å². The zero-order chi connectivity index (χ0) is 19.6. The molecule has 0 amide bonds. The first-order valence-corrected chi connectivity index (χ1v) is 10.7. The van der Waals surface area contributed by atoms with Gasteiger partial charge in [-0.15, -0.1) is 0 Å². The first-order chi connectivity index (χ1) is 12.6. The van der Waals surface area contributed by atoms with Gasteiger partial charge in [-0.2, -0.15) is 13.2 Å². The van der Waals surface area contributed by atoms with Crippen LogP contribution in [-0.2, 0) is 0 Å². The van der Waals surface area contributed by atoms with Crippen LogP contribution >= 0.6 is 0 Å². The second-order valence-electron chi connectivity index (χ2n) is 10.3. The van der Waals surface area contributed by atoms with Gasteiger partial charge in [-0.1, -0.05) is 25.5 Å². The van der Waals surface area contributed by atoms with Crippen LogP contribution in [0.4, 0.5) is 13.2 Å². The SMILES string of the molecule is CC12CC[C@H](O)CC1=CCC1C2CCC2(C)C(CC(O)C(F)(F)F)CCC12. The van der Waals surface area contributed by atoms with Gasteiger partial charge in [0.1, 0.15) is 6.10 Å². The van der Waals surface area contributed by atoms with Gasteiger partial charge in [0.05, 0.1) is 6.10 Å². The monoisotopic (exact) mass is 386 g/mol. The van der Waals surface area contributed by atoms with Crippen molar-refractivity contribution in [2.75, 3.05) is 0 Å². The van der Waals surface area contributed by atoms with Gasteiger partial charge in [0.25, 0.3) is 0 Å². The Bertz CT molecular complexity index is 615. The summed E-state index contributed by atoms with van der Waals surface area (Å²) in [6.45, 7) is 4.56. The summed E-state index contributed by atoms with van der Waals surface area (Å²) < 4.78 is 38.7. The molecule has 5 heteroatoms. The van der Waals surface area contributed by atoms with Crippen LogP contribution in [0.3, 0.4) is 0 Å². The van der Waals surface area contributed by atoms with Crippen LogP contribution < -0.4 is 0 Å². The Morgan fingerprint density at radius 2 is 1.85 bits per heavy atom. The Morgan fingerprint density at radius 1 is 1.11 bits per heavy atom. The third-order valence-electron chi connectivity index (χ3n) is 9.16. The van der Waals surface area contributed by atoms with E-state index in [1.807, 2.05) is 0 Å². The molecule has 0 bridgehead atoms. The van der Waals surface area contributed by atoms with Crippen molar-refractivity contribution in [2.45, 2.75) is 90.0 Å². The number of aliphatic hydroxyl groups excluding tert-OH is 2. The minimum Gasteiger partial charge on any atom is -0.393 e. The zero-order valence-corrected chi connectivity index (χ0v) is 16.4. The largest absolute Gasteiger partial charge is 0.414 e. The van der Waals surface area contributed by atoms with E-state index in [0.29, 0.717) is 17.8 Å². The molecule has 0 saturated heterocycles. The highest BCUT2D eigenvalue weighted by Gasteiger charge is 2.59. The summed E-state index contributed by atoms with van der Waals surface area (Å²) in [5, 5.41) is 19.7. The summed E-state index contributed by atoms with van der Waals surface area (Å²) in [6, 6.07) is 0. The molecule has 154 valence electrons. The lowest BCUT2D eigenvalue weighted by Gasteiger charge is -2.58. The summed E-state index contributed by atoms with van der Waals surface area (Å²) in [5.74, 6) is 1.56. The van der Waals surface area contributed by atoms with Crippen molar-refractivity contribution >= 4 is 0 Å². The molecule has 0 aromatic carbocycles. The maximum Gasteiger partial charge on any atom is 0.414 e. The number of hydrogen-bond donors (Lipinski definition) is 2. The van der Waals surface area contributed by atoms with Crippen molar-refractivity contribution in [3.63, 3.8) is 0 Å². The van der Waals surface area contributed by atoms with Gasteiger partial charge >= 0.3 is 6.18 Å². The summed E-state index contributed by atoms with van der Waals surface area (Å²) >= 11 is 0. The normalized spacial score (nSPS) is 48.3. The molecule has 0 spiro atoms. The highest BCUT2D eigenvalue weighted by atomic mass is 19.4. The van der Waals surface area contributed by atoms with Crippen LogP contribution in [0.5, 0.6) is 0 Å². The average molecular weight is 386 g/mol. The zero-order valence-electron chi connectivity index (χ0n) is 16.4. The smallest absolute Gasteiger partial charge is 0.393 e. The molecule has 0 aromatic heterocycles. The highest BCUT2D eigenvalue weighted by Crippen LogP contribution is 2.66. The number of aliphatic hydroxyl groups is 2. The van der Waals surface area contributed by atoms with E-state index in [0.717, 1.165) is 51.4 Å². The lowest BCUT2D eigenvalue weighted by molar-refractivity contribution is -0.211. The Morgan fingerprint density at radius 3 is 2.56 bits per heavy atom. The van der Waals surface area contributed by atoms with Crippen molar-refractivity contribution in [2.24, 2.45) is 34.5 Å². The summed E-state index contributed by atoms with van der Waals surface area (Å²) in [5.41, 5.74) is 1.50. The first kappa shape index (κ1) is 19.8. The number of fused-ring (bicyclic) bond motifs is 5. The predicted molar refractivity (Wildman–Crippen MR) is 97.9 cm³/mol. The Kier molecular flexibility index (Phi) is 4.74. The second-order valence-corrected chi connectivity index (χ2v) is 10.3. The molecule has 4 rings (SSSR count). The molecule has 7 unspecified atom stereocenters. The molecule has 3 saturated carbocycles. The Labute approximate surface area is 160 Å². The van der Waals surface area contributed by atoms with E-state index in [1.165, 1.54) is 5.57 Å². The minimum absolute atomic E-state index is 0.0357. The number of alkyl halides is 3. The maximum absolute atomic E-state index is 12.9. The van der Waals surface area contributed by atoms with E-state index < -0.39 is 12.3 Å². The molecule has 4 aliphatic rings. The average Bonchev–Trinajstić information content (AvgIpc) is 2.91. The number of hydrogen-bond acceptors (Lipinski definition) is 2. The van der Waals surface area contributed by atoms with E-state index >= 15 is 0 Å². The van der Waals surface area contributed by atoms with Gasteiger partial charge in [0.2, 0.25) is 0 Å². The third-order valence-corrected chi connectivity index (χ3v) is 9.16. The van der Waals surface area contributed by atoms with E-state index in [-0.39, 0.29) is 29.3 Å². The van der Waals surface area contributed by atoms with Crippen LogP contribution in [-0.4, -0.2) is 28.6 Å². The van der Waals surface area contributed by atoms with Crippen molar-refractivity contribution < 1.29 is 23.4 Å². The van der Waals surface area contributed by atoms with E-state index in [1.54, 1.807) is 0 Å². The molecule has 2 N–H and O–H groups in total. The fraction of sp³-hybridized carbons (Fsp3) is 0.909. The Balaban J connectivity index is 1.55. The van der Waals surface area contributed by atoms with Gasteiger partial charge in [-0.25, -0.2) is 0 Å². The van der Waals surface area contributed by atoms with Gasteiger partial charge in [-0.05, 0) is 92.3 Å². The molecule has 4 aliphatic carbocycles. The third kappa shape index (κ3) is 3.08. The molecule has 3 fully saturated rings. The van der Waals surface area contributed by atoms with E-state index in [2.05, 4.69) is 19.9 Å². The first-order valence-electron chi connectivity index (χ1n) is 10.7. The lowest BCUT2D eigenvalue weighted by atomic mass is 9.47. The molecule has 0 aromatic rings. The summed E-state index contributed by atoms with van der Waals surface area (Å²) in [4.78, 5) is 0. The molecule has 0 radical (unpaired) electrons. The summed E-state index contributed by atoms with van der Waals surface area (Å²) in [6.07, 6.45) is 2.84. The second kappa shape index (κ2) is 6.48. The van der Waals surface area contributed by atoms with Gasteiger partial charge < -0.3 is 10.2 Å². The molecule has 8 atom stereocenters. The quantitative estimate of drug-likeness (QED) is 0.637. The maximum atomic E-state index is 12.9. The van der Waals surface area contributed by atoms with Crippen molar-refractivity contribution in [3.8, 4) is 0 Å².